The number of imidazole rings is 1. The molecule has 0 aliphatic carbocycles. The molecule has 3 rings (SSSR count). The number of hydrogen-bond acceptors (Lipinski definition) is 6. The van der Waals surface area contributed by atoms with Crippen LogP contribution in [0.2, 0.25) is 0 Å². The summed E-state index contributed by atoms with van der Waals surface area (Å²) >= 11 is 0. The van der Waals surface area contributed by atoms with Crippen molar-refractivity contribution in [1.29, 1.82) is 0 Å². The van der Waals surface area contributed by atoms with Crippen LogP contribution in [0.1, 0.15) is 6.42 Å². The molecule has 10 heteroatoms. The van der Waals surface area contributed by atoms with Gasteiger partial charge in [0.15, 0.2) is 16.5 Å². The maximum atomic E-state index is 12.0. The fourth-order valence-electron chi connectivity index (χ4n) is 2.21. The maximum absolute atomic E-state index is 12.0. The molecule has 2 N–H and O–H groups in total. The first-order chi connectivity index (χ1) is 11.9. The molecule has 1 aromatic carbocycles. The van der Waals surface area contributed by atoms with E-state index in [1.54, 1.807) is 25.2 Å². The van der Waals surface area contributed by atoms with Crippen molar-refractivity contribution < 1.29 is 22.7 Å². The molecular weight excluding hydrogens is 348 g/mol. The second-order valence-corrected chi connectivity index (χ2v) is 7.18. The molecule has 0 saturated carbocycles. The van der Waals surface area contributed by atoms with Crippen molar-refractivity contribution in [2.75, 3.05) is 25.1 Å². The normalized spacial score (nSPS) is 14.0. The highest BCUT2D eigenvalue weighted by Gasteiger charge is 2.18. The lowest BCUT2D eigenvalue weighted by Crippen LogP contribution is -2.33. The van der Waals surface area contributed by atoms with E-state index in [2.05, 4.69) is 15.0 Å². The number of benzene rings is 1. The molecule has 0 spiro atoms. The number of carbonyl (C=O) groups is 1. The first-order valence-electron chi connectivity index (χ1n) is 7.61. The highest BCUT2D eigenvalue weighted by Crippen LogP contribution is 2.32. The maximum Gasteiger partial charge on any atom is 0.260 e. The molecule has 0 fully saturated rings. The van der Waals surface area contributed by atoms with Gasteiger partial charge in [0, 0.05) is 31.4 Å². The molecule has 9 nitrogen and oxygen atoms in total. The van der Waals surface area contributed by atoms with Gasteiger partial charge in [-0.25, -0.2) is 18.1 Å². The van der Waals surface area contributed by atoms with Crippen LogP contribution in [-0.4, -0.2) is 43.6 Å². The monoisotopic (exact) mass is 366 g/mol. The Morgan fingerprint density at radius 1 is 1.28 bits per heavy atom. The number of aromatic nitrogens is 2. The van der Waals surface area contributed by atoms with Gasteiger partial charge in [-0.1, -0.05) is 0 Å². The van der Waals surface area contributed by atoms with E-state index in [1.807, 2.05) is 0 Å². The van der Waals surface area contributed by atoms with Crippen LogP contribution >= 0.6 is 0 Å². The van der Waals surface area contributed by atoms with E-state index in [9.17, 15) is 13.2 Å². The van der Waals surface area contributed by atoms with Crippen molar-refractivity contribution in [1.82, 2.24) is 14.3 Å². The molecule has 25 heavy (non-hydrogen) atoms. The fraction of sp³-hybridized carbons (Fsp3) is 0.333. The van der Waals surface area contributed by atoms with Crippen molar-refractivity contribution in [2.45, 2.75) is 11.4 Å². The Hall–Kier alpha value is -2.59. The number of rotatable bonds is 5. The van der Waals surface area contributed by atoms with Crippen molar-refractivity contribution in [3.8, 4) is 11.5 Å². The Morgan fingerprint density at radius 3 is 2.76 bits per heavy atom. The van der Waals surface area contributed by atoms with Gasteiger partial charge in [-0.2, -0.15) is 0 Å². The standard InChI is InChI=1S/C15H18N4O5S/c1-19-9-15(16-10-19)25(21,22)17-8-14(20)18-11-3-4-12-13(7-11)24-6-2-5-23-12/h3-4,7,9-10,17H,2,5-6,8H2,1H3,(H,18,20). The van der Waals surface area contributed by atoms with Crippen molar-refractivity contribution >= 4 is 21.6 Å². The van der Waals surface area contributed by atoms with Gasteiger partial charge in [0.05, 0.1) is 26.1 Å². The van der Waals surface area contributed by atoms with Crippen molar-refractivity contribution in [3.63, 3.8) is 0 Å². The van der Waals surface area contributed by atoms with Gasteiger partial charge in [0.1, 0.15) is 0 Å². The topological polar surface area (TPSA) is 112 Å². The zero-order chi connectivity index (χ0) is 17.9. The quantitative estimate of drug-likeness (QED) is 0.797. The Labute approximate surface area is 145 Å². The number of carbonyl (C=O) groups excluding carboxylic acids is 1. The Morgan fingerprint density at radius 2 is 2.04 bits per heavy atom. The fourth-order valence-corrected chi connectivity index (χ4v) is 3.17. The number of amides is 1. The van der Waals surface area contributed by atoms with E-state index in [1.165, 1.54) is 17.1 Å². The molecule has 2 heterocycles. The number of nitrogens with one attached hydrogen (secondary N) is 2. The summed E-state index contributed by atoms with van der Waals surface area (Å²) in [5, 5.41) is 2.47. The molecule has 0 unspecified atom stereocenters. The van der Waals surface area contributed by atoms with E-state index in [4.69, 9.17) is 9.47 Å². The van der Waals surface area contributed by atoms with Crippen LogP contribution in [0.4, 0.5) is 5.69 Å². The van der Waals surface area contributed by atoms with E-state index >= 15 is 0 Å². The molecule has 0 saturated heterocycles. The summed E-state index contributed by atoms with van der Waals surface area (Å²) in [4.78, 5) is 15.8. The van der Waals surface area contributed by atoms with Gasteiger partial charge in [-0.3, -0.25) is 4.79 Å². The number of anilines is 1. The molecule has 1 aliphatic heterocycles. The third-order valence-corrected chi connectivity index (χ3v) is 4.70. The summed E-state index contributed by atoms with van der Waals surface area (Å²) in [7, 11) is -2.18. The minimum Gasteiger partial charge on any atom is -0.490 e. The predicted molar refractivity (Wildman–Crippen MR) is 89.1 cm³/mol. The van der Waals surface area contributed by atoms with Crippen LogP contribution in [0.5, 0.6) is 11.5 Å². The van der Waals surface area contributed by atoms with Crippen LogP contribution < -0.4 is 19.5 Å². The van der Waals surface area contributed by atoms with Gasteiger partial charge >= 0.3 is 0 Å². The molecule has 134 valence electrons. The zero-order valence-corrected chi connectivity index (χ0v) is 14.4. The van der Waals surface area contributed by atoms with Crippen molar-refractivity contribution in [3.05, 3.63) is 30.7 Å². The Kier molecular flexibility index (Phi) is 4.91. The van der Waals surface area contributed by atoms with Crippen molar-refractivity contribution in [2.24, 2.45) is 7.05 Å². The number of fused-ring (bicyclic) bond motifs is 1. The molecule has 0 bridgehead atoms. The van der Waals surface area contributed by atoms with Gasteiger partial charge in [-0.05, 0) is 12.1 Å². The van der Waals surface area contributed by atoms with Crippen LogP contribution in [-0.2, 0) is 21.9 Å². The van der Waals surface area contributed by atoms with Crippen LogP contribution in [0.25, 0.3) is 0 Å². The second kappa shape index (κ2) is 7.11. The third-order valence-electron chi connectivity index (χ3n) is 3.41. The minimum atomic E-state index is -3.83. The SMILES string of the molecule is Cn1cnc(S(=O)(=O)NCC(=O)Nc2ccc3c(c2)OCCCO3)c1. The molecule has 2 aromatic rings. The van der Waals surface area contributed by atoms with Gasteiger partial charge in [0.2, 0.25) is 5.91 Å². The number of ether oxygens (including phenoxy) is 2. The molecule has 0 radical (unpaired) electrons. The molecule has 1 aromatic heterocycles. The van der Waals surface area contributed by atoms with Gasteiger partial charge < -0.3 is 19.4 Å². The van der Waals surface area contributed by atoms with Crippen LogP contribution in [0.3, 0.4) is 0 Å². The summed E-state index contributed by atoms with van der Waals surface area (Å²) in [6.07, 6.45) is 3.50. The van der Waals surface area contributed by atoms with E-state index < -0.39 is 22.5 Å². The van der Waals surface area contributed by atoms with E-state index in [-0.39, 0.29) is 5.03 Å². The number of sulfonamides is 1. The highest BCUT2D eigenvalue weighted by atomic mass is 32.2. The summed E-state index contributed by atoms with van der Waals surface area (Å²) in [6, 6.07) is 5.01. The summed E-state index contributed by atoms with van der Waals surface area (Å²) in [5.41, 5.74) is 0.492. The zero-order valence-electron chi connectivity index (χ0n) is 13.6. The molecule has 0 atom stereocenters. The molecule has 1 amide bonds. The number of hydrogen-bond donors (Lipinski definition) is 2. The van der Waals surface area contributed by atoms with E-state index in [0.29, 0.717) is 30.4 Å². The first-order valence-corrected chi connectivity index (χ1v) is 9.09. The first kappa shape index (κ1) is 17.2. The van der Waals surface area contributed by atoms with Crippen LogP contribution in [0, 0.1) is 0 Å². The summed E-state index contributed by atoms with van der Waals surface area (Å²) in [5.74, 6) is 0.657. The van der Waals surface area contributed by atoms with Crippen LogP contribution in [0.15, 0.2) is 35.7 Å². The smallest absolute Gasteiger partial charge is 0.260 e. The average molecular weight is 366 g/mol. The lowest BCUT2D eigenvalue weighted by molar-refractivity contribution is -0.115. The predicted octanol–water partition coefficient (Wildman–Crippen LogP) is 0.498. The average Bonchev–Trinajstić information content (AvgIpc) is 2.89. The second-order valence-electron chi connectivity index (χ2n) is 5.46. The summed E-state index contributed by atoms with van der Waals surface area (Å²) < 4.78 is 38.8. The molecular formula is C15H18N4O5S. The minimum absolute atomic E-state index is 0.140. The van der Waals surface area contributed by atoms with E-state index in [0.717, 1.165) is 6.42 Å². The van der Waals surface area contributed by atoms with Gasteiger partial charge in [0.25, 0.3) is 10.0 Å². The Bertz CT molecular complexity index is 878. The Balaban J connectivity index is 1.60. The largest absolute Gasteiger partial charge is 0.490 e. The number of nitrogens with zero attached hydrogens (tertiary/aromatic N) is 2. The van der Waals surface area contributed by atoms with Gasteiger partial charge in [-0.15, -0.1) is 0 Å². The highest BCUT2D eigenvalue weighted by molar-refractivity contribution is 7.89. The lowest BCUT2D eigenvalue weighted by Gasteiger charge is -2.10. The summed E-state index contributed by atoms with van der Waals surface area (Å²) in [6.45, 7) is 0.704. The number of aryl methyl sites for hydroxylation is 1. The third kappa shape index (κ3) is 4.28. The molecule has 1 aliphatic rings. The lowest BCUT2D eigenvalue weighted by atomic mass is 10.2.